The maximum Gasteiger partial charge on any atom is 0.276 e. The third-order valence-corrected chi connectivity index (χ3v) is 3.81. The summed E-state index contributed by atoms with van der Waals surface area (Å²) < 4.78 is 15.7. The van der Waals surface area contributed by atoms with E-state index in [4.69, 9.17) is 0 Å². The molecule has 0 saturated heterocycles. The number of hydrogen-bond acceptors (Lipinski definition) is 4. The van der Waals surface area contributed by atoms with Crippen LogP contribution in [0.1, 0.15) is 11.1 Å². The molecule has 0 aliphatic rings. The number of amides is 1. The van der Waals surface area contributed by atoms with E-state index in [1.54, 1.807) is 47.3 Å². The molecule has 0 radical (unpaired) electrons. The van der Waals surface area contributed by atoms with Gasteiger partial charge in [0.05, 0.1) is 22.5 Å². The van der Waals surface area contributed by atoms with Crippen LogP contribution in [0.4, 0.5) is 10.1 Å². The van der Waals surface area contributed by atoms with Gasteiger partial charge in [-0.25, -0.2) is 9.37 Å². The zero-order valence-corrected chi connectivity index (χ0v) is 14.1. The van der Waals surface area contributed by atoms with Crippen molar-refractivity contribution in [2.24, 2.45) is 0 Å². The molecule has 0 aliphatic heterocycles. The van der Waals surface area contributed by atoms with Crippen LogP contribution in [0.5, 0.6) is 0 Å². The highest BCUT2D eigenvalue weighted by molar-refractivity contribution is 5.92. The molecule has 0 spiro atoms. The number of hydrogen-bond donors (Lipinski definition) is 1. The van der Waals surface area contributed by atoms with Crippen molar-refractivity contribution in [1.29, 1.82) is 0 Å². The van der Waals surface area contributed by atoms with Gasteiger partial charge in [-0.2, -0.15) is 0 Å². The summed E-state index contributed by atoms with van der Waals surface area (Å²) >= 11 is 0. The molecular weight excluding hydrogens is 351 g/mol. The number of nitro groups is 1. The van der Waals surface area contributed by atoms with Crippen molar-refractivity contribution in [3.05, 3.63) is 94.3 Å². The number of benzene rings is 2. The predicted molar refractivity (Wildman–Crippen MR) is 97.5 cm³/mol. The molecule has 3 aromatic rings. The van der Waals surface area contributed by atoms with Crippen molar-refractivity contribution in [3.63, 3.8) is 0 Å². The first-order chi connectivity index (χ1) is 13.0. The zero-order chi connectivity index (χ0) is 19.2. The third kappa shape index (κ3) is 4.43. The number of nitro benzene ring substituents is 1. The molecule has 0 fully saturated rings. The second-order valence-corrected chi connectivity index (χ2v) is 5.62. The highest BCUT2D eigenvalue weighted by Gasteiger charge is 2.10. The highest BCUT2D eigenvalue weighted by Crippen LogP contribution is 2.19. The Morgan fingerprint density at radius 2 is 2.11 bits per heavy atom. The SMILES string of the molecule is O=C(C=Cc1ccccc1[N+](=O)[O-])NCc1ccc(-n2ccnc2)c(F)c1. The molecule has 8 heteroatoms. The Hall–Kier alpha value is -3.81. The van der Waals surface area contributed by atoms with Gasteiger partial charge in [-0.1, -0.05) is 18.2 Å². The number of nitrogens with one attached hydrogen (secondary N) is 1. The van der Waals surface area contributed by atoms with Crippen LogP contribution < -0.4 is 5.32 Å². The van der Waals surface area contributed by atoms with E-state index in [0.717, 1.165) is 0 Å². The molecule has 1 heterocycles. The monoisotopic (exact) mass is 366 g/mol. The van der Waals surface area contributed by atoms with Crippen LogP contribution in [0, 0.1) is 15.9 Å². The lowest BCUT2D eigenvalue weighted by atomic mass is 10.1. The van der Waals surface area contributed by atoms with Crippen molar-refractivity contribution in [1.82, 2.24) is 14.9 Å². The lowest BCUT2D eigenvalue weighted by Gasteiger charge is -2.07. The second-order valence-electron chi connectivity index (χ2n) is 5.62. The van der Waals surface area contributed by atoms with Gasteiger partial charge in [0.15, 0.2) is 0 Å². The Bertz CT molecular complexity index is 1000. The molecule has 0 atom stereocenters. The van der Waals surface area contributed by atoms with Crippen LogP contribution in [-0.2, 0) is 11.3 Å². The molecule has 1 amide bonds. The smallest absolute Gasteiger partial charge is 0.276 e. The van der Waals surface area contributed by atoms with Crippen LogP contribution in [0.3, 0.4) is 0 Å². The van der Waals surface area contributed by atoms with Crippen LogP contribution in [0.15, 0.2) is 67.3 Å². The van der Waals surface area contributed by atoms with Crippen molar-refractivity contribution in [2.45, 2.75) is 6.54 Å². The van der Waals surface area contributed by atoms with Gasteiger partial charge in [-0.3, -0.25) is 14.9 Å². The van der Waals surface area contributed by atoms with Gasteiger partial charge >= 0.3 is 0 Å². The minimum Gasteiger partial charge on any atom is -0.348 e. The molecular formula is C19H15FN4O3. The summed E-state index contributed by atoms with van der Waals surface area (Å²) in [4.78, 5) is 26.2. The summed E-state index contributed by atoms with van der Waals surface area (Å²) in [5, 5.41) is 13.6. The topological polar surface area (TPSA) is 90.1 Å². The average Bonchev–Trinajstić information content (AvgIpc) is 3.19. The number of carbonyl (C=O) groups excluding carboxylic acids is 1. The van der Waals surface area contributed by atoms with E-state index in [-0.39, 0.29) is 12.2 Å². The number of halogens is 1. The number of nitrogens with zero attached hydrogens (tertiary/aromatic N) is 3. The van der Waals surface area contributed by atoms with Gasteiger partial charge < -0.3 is 9.88 Å². The molecule has 0 saturated carbocycles. The number of aromatic nitrogens is 2. The molecule has 1 aromatic heterocycles. The summed E-state index contributed by atoms with van der Waals surface area (Å²) in [5.41, 5.74) is 1.19. The predicted octanol–water partition coefficient (Wildman–Crippen LogP) is 3.25. The zero-order valence-electron chi connectivity index (χ0n) is 14.1. The van der Waals surface area contributed by atoms with Gasteiger partial charge in [0.25, 0.3) is 5.69 Å². The van der Waals surface area contributed by atoms with Crippen molar-refractivity contribution >= 4 is 17.7 Å². The molecule has 0 aliphatic carbocycles. The van der Waals surface area contributed by atoms with Crippen LogP contribution >= 0.6 is 0 Å². The highest BCUT2D eigenvalue weighted by atomic mass is 19.1. The summed E-state index contributed by atoms with van der Waals surface area (Å²) in [6.07, 6.45) is 7.26. The quantitative estimate of drug-likeness (QED) is 0.412. The summed E-state index contributed by atoms with van der Waals surface area (Å²) in [6.45, 7) is 0.126. The standard InChI is InChI=1S/C19H15FN4O3/c20-16-11-14(5-7-18(16)23-10-9-21-13-23)12-22-19(25)8-6-15-3-1-2-4-17(15)24(26)27/h1-11,13H,12H2,(H,22,25). The van der Waals surface area contributed by atoms with E-state index in [1.165, 1.54) is 30.6 Å². The van der Waals surface area contributed by atoms with Gasteiger partial charge in [-0.05, 0) is 29.8 Å². The Balaban J connectivity index is 1.63. The molecule has 3 rings (SSSR count). The average molecular weight is 366 g/mol. The normalized spacial score (nSPS) is 10.9. The minimum absolute atomic E-state index is 0.0845. The fourth-order valence-electron chi connectivity index (χ4n) is 2.48. The number of para-hydroxylation sites is 1. The third-order valence-electron chi connectivity index (χ3n) is 3.81. The molecule has 136 valence electrons. The number of rotatable bonds is 6. The van der Waals surface area contributed by atoms with Crippen molar-refractivity contribution < 1.29 is 14.1 Å². The summed E-state index contributed by atoms with van der Waals surface area (Å²) in [6, 6.07) is 10.7. The van der Waals surface area contributed by atoms with E-state index in [1.807, 2.05) is 0 Å². The van der Waals surface area contributed by atoms with Gasteiger partial charge in [0.2, 0.25) is 5.91 Å². The van der Waals surface area contributed by atoms with E-state index in [2.05, 4.69) is 10.3 Å². The van der Waals surface area contributed by atoms with Gasteiger partial charge in [0, 0.05) is 31.1 Å². The molecule has 27 heavy (non-hydrogen) atoms. The molecule has 2 aromatic carbocycles. The van der Waals surface area contributed by atoms with Gasteiger partial charge in [0.1, 0.15) is 5.82 Å². The minimum atomic E-state index is -0.512. The fraction of sp³-hybridized carbons (Fsp3) is 0.0526. The lowest BCUT2D eigenvalue weighted by Crippen LogP contribution is -2.20. The first kappa shape index (κ1) is 18.0. The molecule has 1 N–H and O–H groups in total. The maximum atomic E-state index is 14.2. The van der Waals surface area contributed by atoms with E-state index < -0.39 is 16.6 Å². The van der Waals surface area contributed by atoms with Gasteiger partial charge in [-0.15, -0.1) is 0 Å². The van der Waals surface area contributed by atoms with Crippen LogP contribution in [-0.4, -0.2) is 20.4 Å². The Labute approximate surface area is 153 Å². The largest absolute Gasteiger partial charge is 0.348 e. The lowest BCUT2D eigenvalue weighted by molar-refractivity contribution is -0.385. The van der Waals surface area contributed by atoms with Crippen LogP contribution in [0.2, 0.25) is 0 Å². The van der Waals surface area contributed by atoms with E-state index in [0.29, 0.717) is 16.8 Å². The molecule has 7 nitrogen and oxygen atoms in total. The maximum absolute atomic E-state index is 14.2. The van der Waals surface area contributed by atoms with Crippen LogP contribution in [0.25, 0.3) is 11.8 Å². The Morgan fingerprint density at radius 3 is 2.81 bits per heavy atom. The summed E-state index contributed by atoms with van der Waals surface area (Å²) in [5.74, 6) is -0.873. The number of imidazole rings is 1. The Morgan fingerprint density at radius 1 is 1.30 bits per heavy atom. The van der Waals surface area contributed by atoms with Crippen molar-refractivity contribution in [2.75, 3.05) is 0 Å². The first-order valence-corrected chi connectivity index (χ1v) is 8.00. The number of carbonyl (C=O) groups is 1. The fourth-order valence-corrected chi connectivity index (χ4v) is 2.48. The molecule has 0 unspecified atom stereocenters. The second kappa shape index (κ2) is 8.05. The van der Waals surface area contributed by atoms with E-state index in [9.17, 15) is 19.3 Å². The first-order valence-electron chi connectivity index (χ1n) is 8.00. The van der Waals surface area contributed by atoms with E-state index >= 15 is 0 Å². The summed E-state index contributed by atoms with van der Waals surface area (Å²) in [7, 11) is 0. The van der Waals surface area contributed by atoms with Crippen molar-refractivity contribution in [3.8, 4) is 5.69 Å². The molecule has 0 bridgehead atoms. The Kier molecular flexibility index (Phi) is 5.36.